The molecular weight excluding hydrogens is 342 g/mol. The van der Waals surface area contributed by atoms with Crippen LogP contribution in [0.4, 0.5) is 0 Å². The molecule has 0 unspecified atom stereocenters. The number of halogens is 1. The second-order valence-corrected chi connectivity index (χ2v) is 6.57. The molecule has 0 radical (unpaired) electrons. The van der Waals surface area contributed by atoms with Crippen LogP contribution in [0.2, 0.25) is 0 Å². The molecule has 4 aromatic rings. The van der Waals surface area contributed by atoms with Crippen molar-refractivity contribution in [3.63, 3.8) is 0 Å². The van der Waals surface area contributed by atoms with Crippen molar-refractivity contribution in [2.24, 2.45) is 4.99 Å². The number of aromatic nitrogens is 1. The third-order valence-electron chi connectivity index (χ3n) is 5.00. The Morgan fingerprint density at radius 1 is 0.923 bits per heavy atom. The molecule has 2 N–H and O–H groups in total. The topological polar surface area (TPSA) is 40.2 Å². The fraction of sp³-hybridized carbons (Fsp3) is 0.136. The maximum atomic E-state index is 4.63. The summed E-state index contributed by atoms with van der Waals surface area (Å²) in [6.07, 6.45) is 0. The molecule has 1 aliphatic rings. The standard InChI is InChI=1S/C22H19N3.ClH/c1-14-21(22-23-11-12-24-22)19-13-16(9-10-20(19)25-14)18-8-4-6-15-5-2-3-7-17(15)18;/h2-10,13,25H,11-12H2,1H3,(H,23,24);1H. The summed E-state index contributed by atoms with van der Waals surface area (Å²) >= 11 is 0. The first-order valence-electron chi connectivity index (χ1n) is 8.70. The number of hydrogen-bond acceptors (Lipinski definition) is 2. The van der Waals surface area contributed by atoms with E-state index in [1.165, 1.54) is 38.5 Å². The highest BCUT2D eigenvalue weighted by molar-refractivity contribution is 6.12. The van der Waals surface area contributed by atoms with Crippen LogP contribution in [0.15, 0.2) is 65.7 Å². The van der Waals surface area contributed by atoms with Crippen LogP contribution < -0.4 is 5.32 Å². The Bertz CT molecular complexity index is 1140. The van der Waals surface area contributed by atoms with Crippen molar-refractivity contribution in [1.29, 1.82) is 0 Å². The van der Waals surface area contributed by atoms with E-state index in [9.17, 15) is 0 Å². The molecule has 1 aromatic heterocycles. The first kappa shape index (κ1) is 16.7. The molecule has 2 heterocycles. The summed E-state index contributed by atoms with van der Waals surface area (Å²) < 4.78 is 0. The molecule has 3 aromatic carbocycles. The van der Waals surface area contributed by atoms with E-state index < -0.39 is 0 Å². The highest BCUT2D eigenvalue weighted by Gasteiger charge is 2.17. The average molecular weight is 362 g/mol. The molecule has 26 heavy (non-hydrogen) atoms. The monoisotopic (exact) mass is 361 g/mol. The molecule has 5 rings (SSSR count). The van der Waals surface area contributed by atoms with Crippen LogP contribution in [-0.4, -0.2) is 23.9 Å². The minimum atomic E-state index is 0. The van der Waals surface area contributed by atoms with Crippen LogP contribution in [0.1, 0.15) is 11.3 Å². The number of rotatable bonds is 2. The van der Waals surface area contributed by atoms with Gasteiger partial charge in [-0.15, -0.1) is 12.4 Å². The summed E-state index contributed by atoms with van der Waals surface area (Å²) in [7, 11) is 0. The van der Waals surface area contributed by atoms with Crippen LogP contribution in [-0.2, 0) is 0 Å². The third kappa shape index (κ3) is 2.56. The van der Waals surface area contributed by atoms with E-state index in [1.807, 2.05) is 0 Å². The number of hydrogen-bond donors (Lipinski definition) is 2. The van der Waals surface area contributed by atoms with Gasteiger partial charge in [-0.2, -0.15) is 0 Å². The average Bonchev–Trinajstić information content (AvgIpc) is 3.27. The number of nitrogens with zero attached hydrogens (tertiary/aromatic N) is 1. The normalized spacial score (nSPS) is 13.5. The predicted octanol–water partition coefficient (Wildman–Crippen LogP) is 5.07. The molecular formula is C22H20ClN3. The lowest BCUT2D eigenvalue weighted by Crippen LogP contribution is -2.19. The second kappa shape index (κ2) is 6.50. The van der Waals surface area contributed by atoms with Crippen molar-refractivity contribution in [3.8, 4) is 11.1 Å². The maximum Gasteiger partial charge on any atom is 0.130 e. The Morgan fingerprint density at radius 2 is 1.77 bits per heavy atom. The number of amidine groups is 1. The smallest absolute Gasteiger partial charge is 0.130 e. The SMILES string of the molecule is Cc1[nH]c2ccc(-c3cccc4ccccc34)cc2c1C1=NCCN1.Cl. The molecule has 0 atom stereocenters. The number of benzene rings is 3. The van der Waals surface area contributed by atoms with Gasteiger partial charge in [-0.05, 0) is 41.0 Å². The molecule has 0 spiro atoms. The van der Waals surface area contributed by atoms with Crippen LogP contribution in [0.25, 0.3) is 32.8 Å². The number of aryl methyl sites for hydroxylation is 1. The quantitative estimate of drug-likeness (QED) is 0.514. The summed E-state index contributed by atoms with van der Waals surface area (Å²) in [5.74, 6) is 1.01. The highest BCUT2D eigenvalue weighted by atomic mass is 35.5. The fourth-order valence-electron chi connectivity index (χ4n) is 3.84. The van der Waals surface area contributed by atoms with Gasteiger partial charge in [0, 0.05) is 28.7 Å². The van der Waals surface area contributed by atoms with Crippen LogP contribution in [0, 0.1) is 6.92 Å². The summed E-state index contributed by atoms with van der Waals surface area (Å²) in [6, 6.07) is 21.7. The van der Waals surface area contributed by atoms with Gasteiger partial charge in [0.1, 0.15) is 5.84 Å². The van der Waals surface area contributed by atoms with E-state index in [0.717, 1.165) is 24.4 Å². The van der Waals surface area contributed by atoms with Gasteiger partial charge in [0.25, 0.3) is 0 Å². The molecule has 0 saturated heterocycles. The Balaban J connectivity index is 0.00000168. The van der Waals surface area contributed by atoms with Crippen molar-refractivity contribution >= 4 is 39.9 Å². The Labute approximate surface area is 158 Å². The Kier molecular flexibility index (Phi) is 4.17. The van der Waals surface area contributed by atoms with Crippen molar-refractivity contribution in [2.75, 3.05) is 13.1 Å². The van der Waals surface area contributed by atoms with Gasteiger partial charge in [0.05, 0.1) is 6.54 Å². The molecule has 0 fully saturated rings. The number of nitrogens with one attached hydrogen (secondary N) is 2. The molecule has 0 aliphatic carbocycles. The van der Waals surface area contributed by atoms with E-state index in [-0.39, 0.29) is 12.4 Å². The first-order chi connectivity index (χ1) is 12.3. The number of H-pyrrole nitrogens is 1. The number of aromatic amines is 1. The van der Waals surface area contributed by atoms with Gasteiger partial charge in [0.15, 0.2) is 0 Å². The van der Waals surface area contributed by atoms with E-state index in [2.05, 4.69) is 82.9 Å². The highest BCUT2D eigenvalue weighted by Crippen LogP contribution is 2.32. The first-order valence-corrected chi connectivity index (χ1v) is 8.70. The van der Waals surface area contributed by atoms with Gasteiger partial charge in [-0.3, -0.25) is 4.99 Å². The zero-order valence-electron chi connectivity index (χ0n) is 14.5. The lowest BCUT2D eigenvalue weighted by Gasteiger charge is -2.08. The largest absolute Gasteiger partial charge is 0.368 e. The lowest BCUT2D eigenvalue weighted by molar-refractivity contribution is 0.960. The molecule has 0 bridgehead atoms. The van der Waals surface area contributed by atoms with Crippen LogP contribution in [0.5, 0.6) is 0 Å². The lowest BCUT2D eigenvalue weighted by atomic mass is 9.96. The van der Waals surface area contributed by atoms with Crippen molar-refractivity contribution in [1.82, 2.24) is 10.3 Å². The molecule has 130 valence electrons. The minimum Gasteiger partial charge on any atom is -0.368 e. The van der Waals surface area contributed by atoms with Gasteiger partial charge in [-0.1, -0.05) is 48.5 Å². The molecule has 0 amide bonds. The summed E-state index contributed by atoms with van der Waals surface area (Å²) in [5, 5.41) is 7.20. The summed E-state index contributed by atoms with van der Waals surface area (Å²) in [6.45, 7) is 3.89. The van der Waals surface area contributed by atoms with E-state index in [0.29, 0.717) is 0 Å². The van der Waals surface area contributed by atoms with E-state index >= 15 is 0 Å². The van der Waals surface area contributed by atoms with E-state index in [1.54, 1.807) is 0 Å². The fourth-order valence-corrected chi connectivity index (χ4v) is 3.84. The molecule has 0 saturated carbocycles. The molecule has 4 heteroatoms. The van der Waals surface area contributed by atoms with E-state index in [4.69, 9.17) is 0 Å². The summed E-state index contributed by atoms with van der Waals surface area (Å²) in [5.41, 5.74) is 6.04. The van der Waals surface area contributed by atoms with Gasteiger partial charge in [-0.25, -0.2) is 0 Å². The predicted molar refractivity (Wildman–Crippen MR) is 113 cm³/mol. The minimum absolute atomic E-state index is 0. The zero-order chi connectivity index (χ0) is 16.8. The molecule has 1 aliphatic heterocycles. The van der Waals surface area contributed by atoms with Gasteiger partial charge in [0.2, 0.25) is 0 Å². The zero-order valence-corrected chi connectivity index (χ0v) is 15.4. The Hall–Kier alpha value is -2.78. The van der Waals surface area contributed by atoms with Crippen LogP contribution >= 0.6 is 12.4 Å². The van der Waals surface area contributed by atoms with Crippen molar-refractivity contribution < 1.29 is 0 Å². The van der Waals surface area contributed by atoms with Crippen LogP contribution in [0.3, 0.4) is 0 Å². The third-order valence-corrected chi connectivity index (χ3v) is 5.00. The summed E-state index contributed by atoms with van der Waals surface area (Å²) in [4.78, 5) is 8.13. The number of fused-ring (bicyclic) bond motifs is 2. The van der Waals surface area contributed by atoms with Gasteiger partial charge >= 0.3 is 0 Å². The second-order valence-electron chi connectivity index (χ2n) is 6.57. The maximum absolute atomic E-state index is 4.63. The van der Waals surface area contributed by atoms with Crippen molar-refractivity contribution in [3.05, 3.63) is 71.9 Å². The number of aliphatic imine (C=N–C) groups is 1. The van der Waals surface area contributed by atoms with Crippen molar-refractivity contribution in [2.45, 2.75) is 6.92 Å². The molecule has 3 nitrogen and oxygen atoms in total. The Morgan fingerprint density at radius 3 is 2.62 bits per heavy atom. The van der Waals surface area contributed by atoms with Gasteiger partial charge < -0.3 is 10.3 Å².